The molecule has 0 fully saturated rings. The van der Waals surface area contributed by atoms with Gasteiger partial charge in [-0.2, -0.15) is 13.2 Å². The molecule has 0 aromatic carbocycles. The predicted octanol–water partition coefficient (Wildman–Crippen LogP) is 2.37. The SMILES string of the molecule is COC(=O)c1c(NC(=O)C(C)(N)C(F)(F)F)sc(C)c1C. The van der Waals surface area contributed by atoms with E-state index < -0.39 is 23.6 Å². The molecule has 3 N–H and O–H groups in total. The lowest BCUT2D eigenvalue weighted by Crippen LogP contribution is -2.59. The van der Waals surface area contributed by atoms with Crippen LogP contribution in [0.25, 0.3) is 0 Å². The summed E-state index contributed by atoms with van der Waals surface area (Å²) in [4.78, 5) is 24.1. The van der Waals surface area contributed by atoms with Gasteiger partial charge in [0.2, 0.25) is 0 Å². The molecule has 9 heteroatoms. The molecule has 21 heavy (non-hydrogen) atoms. The van der Waals surface area contributed by atoms with Gasteiger partial charge in [0.15, 0.2) is 5.54 Å². The van der Waals surface area contributed by atoms with Crippen LogP contribution in [-0.4, -0.2) is 30.7 Å². The van der Waals surface area contributed by atoms with Gasteiger partial charge in [0.1, 0.15) is 5.00 Å². The summed E-state index contributed by atoms with van der Waals surface area (Å²) in [6, 6.07) is 0. The lowest BCUT2D eigenvalue weighted by molar-refractivity contribution is -0.184. The van der Waals surface area contributed by atoms with Gasteiger partial charge in [-0.3, -0.25) is 4.79 Å². The van der Waals surface area contributed by atoms with Crippen molar-refractivity contribution in [1.82, 2.24) is 0 Å². The molecular formula is C12H15F3N2O3S. The summed E-state index contributed by atoms with van der Waals surface area (Å²) in [5, 5.41) is 2.06. The molecule has 118 valence electrons. The monoisotopic (exact) mass is 324 g/mol. The van der Waals surface area contributed by atoms with E-state index in [-0.39, 0.29) is 10.6 Å². The number of carbonyl (C=O) groups is 2. The number of hydrogen-bond acceptors (Lipinski definition) is 5. The van der Waals surface area contributed by atoms with Gasteiger partial charge in [-0.25, -0.2) is 4.79 Å². The fraction of sp³-hybridized carbons (Fsp3) is 0.500. The minimum Gasteiger partial charge on any atom is -0.465 e. The van der Waals surface area contributed by atoms with E-state index in [1.54, 1.807) is 13.8 Å². The number of nitrogens with two attached hydrogens (primary N) is 1. The van der Waals surface area contributed by atoms with Crippen LogP contribution in [0.4, 0.5) is 18.2 Å². The van der Waals surface area contributed by atoms with Crippen molar-refractivity contribution in [2.45, 2.75) is 32.5 Å². The second kappa shape index (κ2) is 5.64. The Labute approximate surface area is 123 Å². The molecule has 0 saturated heterocycles. The van der Waals surface area contributed by atoms with Gasteiger partial charge in [0, 0.05) is 4.88 Å². The largest absolute Gasteiger partial charge is 0.465 e. The second-order valence-corrected chi connectivity index (χ2v) is 5.86. The topological polar surface area (TPSA) is 81.4 Å². The highest BCUT2D eigenvalue weighted by molar-refractivity contribution is 7.16. The van der Waals surface area contributed by atoms with Crippen LogP contribution in [0.2, 0.25) is 0 Å². The highest BCUT2D eigenvalue weighted by Crippen LogP contribution is 2.35. The van der Waals surface area contributed by atoms with E-state index in [0.717, 1.165) is 18.4 Å². The maximum absolute atomic E-state index is 12.7. The Balaban J connectivity index is 3.18. The number of thiophene rings is 1. The van der Waals surface area contributed by atoms with E-state index in [0.29, 0.717) is 17.4 Å². The number of carbonyl (C=O) groups excluding carboxylic acids is 2. The maximum Gasteiger partial charge on any atom is 0.415 e. The predicted molar refractivity (Wildman–Crippen MR) is 72.4 cm³/mol. The third-order valence-corrected chi connectivity index (χ3v) is 4.19. The Morgan fingerprint density at radius 2 is 1.81 bits per heavy atom. The molecule has 0 saturated carbocycles. The van der Waals surface area contributed by atoms with E-state index >= 15 is 0 Å². The number of aryl methyl sites for hydroxylation is 1. The number of halogens is 3. The zero-order valence-electron chi connectivity index (χ0n) is 11.8. The van der Waals surface area contributed by atoms with Crippen molar-refractivity contribution < 1.29 is 27.5 Å². The first-order valence-electron chi connectivity index (χ1n) is 5.78. The van der Waals surface area contributed by atoms with Crippen LogP contribution in [-0.2, 0) is 9.53 Å². The average molecular weight is 324 g/mol. The highest BCUT2D eigenvalue weighted by atomic mass is 32.1. The standard InChI is InChI=1S/C12H15F3N2O3S/c1-5-6(2)21-8(7(5)9(18)20-4)17-10(19)11(3,16)12(13,14)15/h16H2,1-4H3,(H,17,19). The lowest BCUT2D eigenvalue weighted by Gasteiger charge is -2.25. The molecule has 1 heterocycles. The van der Waals surface area contributed by atoms with Crippen molar-refractivity contribution in [3.05, 3.63) is 16.0 Å². The van der Waals surface area contributed by atoms with Crippen LogP contribution < -0.4 is 11.1 Å². The van der Waals surface area contributed by atoms with Crippen LogP contribution in [0.15, 0.2) is 0 Å². The fourth-order valence-corrected chi connectivity index (χ4v) is 2.47. The van der Waals surface area contributed by atoms with Crippen LogP contribution in [0, 0.1) is 13.8 Å². The molecule has 1 atom stereocenters. The Hall–Kier alpha value is -1.61. The molecule has 0 aliphatic rings. The minimum atomic E-state index is -4.91. The summed E-state index contributed by atoms with van der Waals surface area (Å²) in [7, 11) is 1.14. The molecule has 1 rings (SSSR count). The number of hydrogen-bond donors (Lipinski definition) is 2. The number of alkyl halides is 3. The Morgan fingerprint density at radius 3 is 2.24 bits per heavy atom. The summed E-state index contributed by atoms with van der Waals surface area (Å²) < 4.78 is 42.7. The number of esters is 1. The minimum absolute atomic E-state index is 0.0113. The quantitative estimate of drug-likeness (QED) is 0.836. The lowest BCUT2D eigenvalue weighted by atomic mass is 10.0. The van der Waals surface area contributed by atoms with Gasteiger partial charge < -0.3 is 15.8 Å². The van der Waals surface area contributed by atoms with Crippen molar-refractivity contribution in [1.29, 1.82) is 0 Å². The number of methoxy groups -OCH3 is 1. The first-order chi connectivity index (χ1) is 9.43. The third kappa shape index (κ3) is 3.18. The van der Waals surface area contributed by atoms with Crippen LogP contribution in [0.3, 0.4) is 0 Å². The first kappa shape index (κ1) is 17.4. The van der Waals surface area contributed by atoms with E-state index in [1.165, 1.54) is 0 Å². The highest BCUT2D eigenvalue weighted by Gasteiger charge is 2.54. The molecule has 0 radical (unpaired) electrons. The molecule has 1 unspecified atom stereocenters. The van der Waals surface area contributed by atoms with Crippen molar-refractivity contribution in [2.24, 2.45) is 5.73 Å². The molecule has 0 aliphatic carbocycles. The molecular weight excluding hydrogens is 309 g/mol. The summed E-state index contributed by atoms with van der Waals surface area (Å²) >= 11 is 0.984. The van der Waals surface area contributed by atoms with Crippen LogP contribution in [0.1, 0.15) is 27.7 Å². The van der Waals surface area contributed by atoms with Gasteiger partial charge in [0.05, 0.1) is 12.7 Å². The zero-order chi connectivity index (χ0) is 16.6. The Bertz CT molecular complexity index is 579. The third-order valence-electron chi connectivity index (χ3n) is 3.06. The van der Waals surface area contributed by atoms with Gasteiger partial charge in [-0.05, 0) is 26.3 Å². The summed E-state index contributed by atoms with van der Waals surface area (Å²) in [6.45, 7) is 3.85. The molecule has 0 spiro atoms. The maximum atomic E-state index is 12.7. The van der Waals surface area contributed by atoms with E-state index in [4.69, 9.17) is 5.73 Å². The molecule has 1 amide bonds. The Kier molecular flexibility index (Phi) is 4.69. The molecule has 1 aromatic rings. The zero-order valence-corrected chi connectivity index (χ0v) is 12.7. The molecule has 1 aromatic heterocycles. The molecule has 5 nitrogen and oxygen atoms in total. The van der Waals surface area contributed by atoms with Crippen LogP contribution >= 0.6 is 11.3 Å². The van der Waals surface area contributed by atoms with E-state index in [9.17, 15) is 22.8 Å². The van der Waals surface area contributed by atoms with Crippen molar-refractivity contribution in [2.75, 3.05) is 12.4 Å². The van der Waals surface area contributed by atoms with Gasteiger partial charge in [-0.1, -0.05) is 0 Å². The number of amides is 1. The number of anilines is 1. The van der Waals surface area contributed by atoms with Crippen molar-refractivity contribution >= 4 is 28.2 Å². The number of nitrogens with one attached hydrogen (secondary N) is 1. The summed E-state index contributed by atoms with van der Waals surface area (Å²) in [5.74, 6) is -2.18. The first-order valence-corrected chi connectivity index (χ1v) is 6.60. The fourth-order valence-electron chi connectivity index (χ4n) is 1.42. The molecule has 0 aliphatic heterocycles. The van der Waals surface area contributed by atoms with Crippen molar-refractivity contribution in [3.8, 4) is 0 Å². The smallest absolute Gasteiger partial charge is 0.415 e. The normalized spacial score (nSPS) is 14.5. The summed E-state index contributed by atoms with van der Waals surface area (Å²) in [5.41, 5.74) is 2.55. The summed E-state index contributed by atoms with van der Waals surface area (Å²) in [6.07, 6.45) is -4.91. The van der Waals surface area contributed by atoms with Crippen LogP contribution in [0.5, 0.6) is 0 Å². The molecule has 0 bridgehead atoms. The van der Waals surface area contributed by atoms with Crippen molar-refractivity contribution in [3.63, 3.8) is 0 Å². The van der Waals surface area contributed by atoms with E-state index in [1.807, 2.05) is 0 Å². The number of rotatable bonds is 3. The number of ether oxygens (including phenoxy) is 1. The van der Waals surface area contributed by atoms with Gasteiger partial charge in [0.25, 0.3) is 5.91 Å². The van der Waals surface area contributed by atoms with E-state index in [2.05, 4.69) is 10.1 Å². The van der Waals surface area contributed by atoms with Gasteiger partial charge in [-0.15, -0.1) is 11.3 Å². The second-order valence-electron chi connectivity index (χ2n) is 4.63. The Morgan fingerprint density at radius 1 is 1.29 bits per heavy atom. The van der Waals surface area contributed by atoms with Gasteiger partial charge >= 0.3 is 12.1 Å². The average Bonchev–Trinajstić information content (AvgIpc) is 2.62.